The zero-order chi connectivity index (χ0) is 16.2. The second kappa shape index (κ2) is 7.21. The van der Waals surface area contributed by atoms with Crippen LogP contribution in [0.15, 0.2) is 35.8 Å². The average molecular weight is 331 g/mol. The molecule has 2 aromatic rings. The Balaban J connectivity index is 1.53. The number of hydrogen-bond acceptors (Lipinski definition) is 5. The summed E-state index contributed by atoms with van der Waals surface area (Å²) in [5.74, 6) is 0.0771. The zero-order valence-electron chi connectivity index (χ0n) is 13.2. The summed E-state index contributed by atoms with van der Waals surface area (Å²) in [5.41, 5.74) is 3.46. The van der Waals surface area contributed by atoms with Crippen LogP contribution in [-0.4, -0.2) is 58.5 Å². The normalized spacial score (nSPS) is 17.2. The molecule has 0 bridgehead atoms. The Kier molecular flexibility index (Phi) is 5.05. The first-order chi connectivity index (χ1) is 11.1. The van der Waals surface area contributed by atoms with Gasteiger partial charge in [0.1, 0.15) is 4.88 Å². The number of rotatable bonds is 4. The van der Waals surface area contributed by atoms with Crippen molar-refractivity contribution in [2.24, 2.45) is 0 Å². The van der Waals surface area contributed by atoms with Crippen molar-refractivity contribution in [1.82, 2.24) is 14.8 Å². The number of aliphatic hydroxyl groups excluding tert-OH is 1. The number of hydrogen-bond donors (Lipinski definition) is 1. The molecule has 5 nitrogen and oxygen atoms in total. The molecular weight excluding hydrogens is 310 g/mol. The molecule has 1 aliphatic heterocycles. The molecule has 1 atom stereocenters. The molecule has 3 rings (SSSR count). The highest BCUT2D eigenvalue weighted by atomic mass is 32.1. The SMILES string of the molecule is Cc1ncsc1C(=O)N1CCN(C[C@H](O)c2ccccc2)CC1. The van der Waals surface area contributed by atoms with E-state index < -0.39 is 6.10 Å². The molecular formula is C17H21N3O2S. The van der Waals surface area contributed by atoms with E-state index in [1.54, 1.807) is 5.51 Å². The maximum absolute atomic E-state index is 12.5. The summed E-state index contributed by atoms with van der Waals surface area (Å²) in [7, 11) is 0. The first kappa shape index (κ1) is 16.1. The van der Waals surface area contributed by atoms with Gasteiger partial charge in [-0.05, 0) is 12.5 Å². The van der Waals surface area contributed by atoms with Crippen molar-refractivity contribution in [2.75, 3.05) is 32.7 Å². The molecule has 122 valence electrons. The number of carbonyl (C=O) groups is 1. The molecule has 1 fully saturated rings. The maximum Gasteiger partial charge on any atom is 0.265 e. The predicted octanol–water partition coefficient (Wildman–Crippen LogP) is 1.94. The summed E-state index contributed by atoms with van der Waals surface area (Å²) in [6.45, 7) is 5.43. The van der Waals surface area contributed by atoms with Gasteiger partial charge >= 0.3 is 0 Å². The standard InChI is InChI=1S/C17H21N3O2S/c1-13-16(23-12-18-13)17(22)20-9-7-19(8-10-20)11-15(21)14-5-3-2-4-6-14/h2-6,12,15,21H,7-11H2,1H3/t15-/m0/s1. The van der Waals surface area contributed by atoms with Gasteiger partial charge in [0.15, 0.2) is 0 Å². The van der Waals surface area contributed by atoms with E-state index in [4.69, 9.17) is 0 Å². The number of piperazine rings is 1. The lowest BCUT2D eigenvalue weighted by Gasteiger charge is -2.35. The molecule has 1 aromatic carbocycles. The number of thiazole rings is 1. The van der Waals surface area contributed by atoms with Gasteiger partial charge in [-0.15, -0.1) is 11.3 Å². The van der Waals surface area contributed by atoms with Gasteiger partial charge in [-0.3, -0.25) is 9.69 Å². The Morgan fingerprint density at radius 1 is 1.26 bits per heavy atom. The number of β-amino-alcohol motifs (C(OH)–C–C–N with tert-alkyl or cyclic N) is 1. The zero-order valence-corrected chi connectivity index (χ0v) is 14.0. The Morgan fingerprint density at radius 2 is 1.96 bits per heavy atom. The third-order valence-corrected chi connectivity index (χ3v) is 5.13. The number of nitrogens with zero attached hydrogens (tertiary/aromatic N) is 3. The molecule has 1 saturated heterocycles. The quantitative estimate of drug-likeness (QED) is 0.930. The summed E-state index contributed by atoms with van der Waals surface area (Å²) in [6, 6.07) is 9.70. The van der Waals surface area contributed by atoms with Crippen LogP contribution in [-0.2, 0) is 0 Å². The Morgan fingerprint density at radius 3 is 2.57 bits per heavy atom. The molecule has 1 amide bonds. The first-order valence-corrected chi connectivity index (χ1v) is 8.68. The van der Waals surface area contributed by atoms with Gasteiger partial charge in [0, 0.05) is 32.7 Å². The number of aliphatic hydroxyl groups is 1. The monoisotopic (exact) mass is 331 g/mol. The fourth-order valence-corrected chi connectivity index (χ4v) is 3.58. The minimum absolute atomic E-state index is 0.0771. The summed E-state index contributed by atoms with van der Waals surface area (Å²) >= 11 is 1.40. The van der Waals surface area contributed by atoms with Crippen LogP contribution in [0.3, 0.4) is 0 Å². The van der Waals surface area contributed by atoms with Crippen LogP contribution in [0.5, 0.6) is 0 Å². The molecule has 0 spiro atoms. The van der Waals surface area contributed by atoms with Gasteiger partial charge in [0.05, 0.1) is 17.3 Å². The molecule has 1 N–H and O–H groups in total. The third kappa shape index (κ3) is 3.77. The molecule has 0 saturated carbocycles. The molecule has 0 unspecified atom stereocenters. The van der Waals surface area contributed by atoms with Crippen LogP contribution in [0.1, 0.15) is 27.0 Å². The van der Waals surface area contributed by atoms with Crippen LogP contribution in [0, 0.1) is 6.92 Å². The van der Waals surface area contributed by atoms with Gasteiger partial charge in [-0.1, -0.05) is 30.3 Å². The summed E-state index contributed by atoms with van der Waals surface area (Å²) < 4.78 is 0. The summed E-state index contributed by atoms with van der Waals surface area (Å²) in [6.07, 6.45) is -0.484. The highest BCUT2D eigenvalue weighted by molar-refractivity contribution is 7.11. The van der Waals surface area contributed by atoms with Crippen LogP contribution in [0.25, 0.3) is 0 Å². The van der Waals surface area contributed by atoms with Crippen molar-refractivity contribution >= 4 is 17.2 Å². The fraction of sp³-hybridized carbons (Fsp3) is 0.412. The molecule has 0 aliphatic carbocycles. The average Bonchev–Trinajstić information content (AvgIpc) is 3.02. The van der Waals surface area contributed by atoms with Crippen molar-refractivity contribution < 1.29 is 9.90 Å². The van der Waals surface area contributed by atoms with Gasteiger partial charge in [0.25, 0.3) is 5.91 Å². The smallest absolute Gasteiger partial charge is 0.265 e. The highest BCUT2D eigenvalue weighted by Crippen LogP contribution is 2.18. The van der Waals surface area contributed by atoms with Gasteiger partial charge in [0.2, 0.25) is 0 Å². The minimum Gasteiger partial charge on any atom is -0.387 e. The van der Waals surface area contributed by atoms with E-state index in [2.05, 4.69) is 9.88 Å². The first-order valence-electron chi connectivity index (χ1n) is 7.80. The number of benzene rings is 1. The van der Waals surface area contributed by atoms with Gasteiger partial charge in [-0.2, -0.15) is 0 Å². The second-order valence-electron chi connectivity index (χ2n) is 5.79. The van der Waals surface area contributed by atoms with Crippen molar-refractivity contribution in [3.8, 4) is 0 Å². The van der Waals surface area contributed by atoms with E-state index in [9.17, 15) is 9.90 Å². The van der Waals surface area contributed by atoms with Crippen LogP contribution in [0.2, 0.25) is 0 Å². The lowest BCUT2D eigenvalue weighted by Crippen LogP contribution is -2.49. The summed E-state index contributed by atoms with van der Waals surface area (Å²) in [4.78, 5) is 21.4. The minimum atomic E-state index is -0.484. The molecule has 1 aliphatic rings. The Hall–Kier alpha value is -1.76. The van der Waals surface area contributed by atoms with Crippen molar-refractivity contribution in [2.45, 2.75) is 13.0 Å². The number of aryl methyl sites for hydroxylation is 1. The van der Waals surface area contributed by atoms with Gasteiger partial charge in [-0.25, -0.2) is 4.98 Å². The third-order valence-electron chi connectivity index (χ3n) is 4.21. The lowest BCUT2D eigenvalue weighted by molar-refractivity contribution is 0.0530. The second-order valence-corrected chi connectivity index (χ2v) is 6.64. The van der Waals surface area contributed by atoms with Crippen molar-refractivity contribution in [3.63, 3.8) is 0 Å². The number of amides is 1. The Labute approximate surface area is 140 Å². The topological polar surface area (TPSA) is 56.7 Å². The number of aromatic nitrogens is 1. The van der Waals surface area contributed by atoms with E-state index in [1.807, 2.05) is 42.2 Å². The molecule has 6 heteroatoms. The number of carbonyl (C=O) groups excluding carboxylic acids is 1. The molecule has 0 radical (unpaired) electrons. The lowest BCUT2D eigenvalue weighted by atomic mass is 10.1. The van der Waals surface area contributed by atoms with E-state index in [-0.39, 0.29) is 5.91 Å². The highest BCUT2D eigenvalue weighted by Gasteiger charge is 2.25. The van der Waals surface area contributed by atoms with Gasteiger partial charge < -0.3 is 10.0 Å². The van der Waals surface area contributed by atoms with E-state index in [1.165, 1.54) is 11.3 Å². The van der Waals surface area contributed by atoms with Crippen molar-refractivity contribution in [3.05, 3.63) is 52.0 Å². The van der Waals surface area contributed by atoms with E-state index in [0.717, 1.165) is 29.2 Å². The molecule has 1 aromatic heterocycles. The van der Waals surface area contributed by atoms with Crippen LogP contribution in [0.4, 0.5) is 0 Å². The van der Waals surface area contributed by atoms with Crippen molar-refractivity contribution in [1.29, 1.82) is 0 Å². The van der Waals surface area contributed by atoms with Crippen LogP contribution >= 0.6 is 11.3 Å². The van der Waals surface area contributed by atoms with E-state index in [0.29, 0.717) is 19.6 Å². The fourth-order valence-electron chi connectivity index (χ4n) is 2.81. The molecule has 23 heavy (non-hydrogen) atoms. The largest absolute Gasteiger partial charge is 0.387 e. The maximum atomic E-state index is 12.5. The summed E-state index contributed by atoms with van der Waals surface area (Å²) in [5, 5.41) is 10.3. The molecule has 2 heterocycles. The predicted molar refractivity (Wildman–Crippen MR) is 90.6 cm³/mol. The van der Waals surface area contributed by atoms with Crippen LogP contribution < -0.4 is 0 Å². The van der Waals surface area contributed by atoms with E-state index >= 15 is 0 Å². The Bertz CT molecular complexity index is 651.